The molecule has 0 saturated carbocycles. The summed E-state index contributed by atoms with van der Waals surface area (Å²) in [6, 6.07) is 19.9. The van der Waals surface area contributed by atoms with Crippen LogP contribution in [0.5, 0.6) is 0 Å². The molecule has 0 radical (unpaired) electrons. The summed E-state index contributed by atoms with van der Waals surface area (Å²) in [6.45, 7) is 5.30. The lowest BCUT2D eigenvalue weighted by atomic mass is 10.1. The number of hydrogen-bond donors (Lipinski definition) is 2. The molecule has 216 valence electrons. The summed E-state index contributed by atoms with van der Waals surface area (Å²) in [4.78, 5) is 37.3. The first kappa shape index (κ1) is 26.8. The van der Waals surface area contributed by atoms with Crippen molar-refractivity contribution < 1.29 is 13.8 Å². The molecule has 3 aromatic carbocycles. The summed E-state index contributed by atoms with van der Waals surface area (Å²) >= 11 is 0. The first-order chi connectivity index (χ1) is 20.8. The summed E-state index contributed by atoms with van der Waals surface area (Å²) in [5, 5.41) is 5.06. The van der Waals surface area contributed by atoms with Crippen molar-refractivity contribution in [2.24, 2.45) is 0 Å². The van der Waals surface area contributed by atoms with Crippen molar-refractivity contribution in [2.75, 3.05) is 18.8 Å². The fourth-order valence-corrected chi connectivity index (χ4v) is 6.90. The van der Waals surface area contributed by atoms with Crippen LogP contribution in [-0.2, 0) is 11.0 Å². The number of hydrogen-bond acceptors (Lipinski definition) is 6. The zero-order valence-corrected chi connectivity index (χ0v) is 24.5. The van der Waals surface area contributed by atoms with Gasteiger partial charge in [0.1, 0.15) is 17.3 Å². The molecular weight excluding hydrogens is 562 g/mol. The van der Waals surface area contributed by atoms with Gasteiger partial charge < -0.3 is 15.6 Å². The predicted molar refractivity (Wildman–Crippen MR) is 166 cm³/mol. The minimum atomic E-state index is -1.75. The highest BCUT2D eigenvalue weighted by Crippen LogP contribution is 2.30. The van der Waals surface area contributed by atoms with E-state index in [1.54, 1.807) is 36.4 Å². The highest BCUT2D eigenvalue weighted by molar-refractivity contribution is 7.83. The smallest absolute Gasteiger partial charge is 0.253 e. The van der Waals surface area contributed by atoms with E-state index in [-0.39, 0.29) is 23.0 Å². The summed E-state index contributed by atoms with van der Waals surface area (Å²) in [6.07, 6.45) is 3.41. The zero-order valence-electron chi connectivity index (χ0n) is 23.7. The van der Waals surface area contributed by atoms with E-state index in [2.05, 4.69) is 15.1 Å². The molecule has 1 atom stereocenters. The van der Waals surface area contributed by atoms with Crippen molar-refractivity contribution >= 4 is 50.4 Å². The fourth-order valence-electron chi connectivity index (χ4n) is 5.66. The molecule has 1 fully saturated rings. The minimum absolute atomic E-state index is 0.0466. The van der Waals surface area contributed by atoms with Crippen molar-refractivity contribution in [1.29, 1.82) is 0 Å². The second kappa shape index (κ2) is 10.4. The number of likely N-dealkylation sites (tertiary alicyclic amines) is 1. The van der Waals surface area contributed by atoms with Gasteiger partial charge in [-0.2, -0.15) is 5.10 Å². The lowest BCUT2D eigenvalue weighted by Gasteiger charge is -2.15. The molecule has 0 spiro atoms. The summed E-state index contributed by atoms with van der Waals surface area (Å²) in [7, 11) is -1.75. The number of aryl methyl sites for hydroxylation is 2. The second-order valence-corrected chi connectivity index (χ2v) is 12.2. The number of nitrogen functional groups attached to an aromatic ring is 1. The number of aromatic nitrogens is 5. The average molecular weight is 592 g/mol. The van der Waals surface area contributed by atoms with E-state index in [4.69, 9.17) is 5.73 Å². The van der Waals surface area contributed by atoms with Crippen molar-refractivity contribution in [3.63, 3.8) is 0 Å². The molecule has 10 nitrogen and oxygen atoms in total. The number of nitrogens with two attached hydrogens (primary N) is 1. The molecule has 7 rings (SSSR count). The van der Waals surface area contributed by atoms with Gasteiger partial charge in [-0.3, -0.25) is 13.6 Å². The van der Waals surface area contributed by atoms with Crippen LogP contribution in [0.15, 0.2) is 77.8 Å². The standard InChI is InChI=1S/C32H29N7O3S/c1-19-5-9-24(10-6-19)43(42)39-28-12-7-21(32(41)37-13-3-4-14-37)15-22(28)16-29(39)30(40)25-18-34-38(31(25)33)23-8-11-26-27(17-23)36-20(2)35-26/h5-12,15-18H,3-4,13-14,33H2,1-2H3,(H,35,36). The molecule has 43 heavy (non-hydrogen) atoms. The van der Waals surface area contributed by atoms with Gasteiger partial charge in [0, 0.05) is 24.0 Å². The van der Waals surface area contributed by atoms with E-state index < -0.39 is 16.8 Å². The molecule has 1 unspecified atom stereocenters. The molecule has 6 aromatic rings. The average Bonchev–Trinajstić information content (AvgIpc) is 3.81. The number of H-pyrrole nitrogens is 1. The van der Waals surface area contributed by atoms with Gasteiger partial charge in [0.05, 0.1) is 38.9 Å². The molecule has 1 aliphatic rings. The lowest BCUT2D eigenvalue weighted by molar-refractivity contribution is 0.0792. The molecule has 0 aliphatic carbocycles. The van der Waals surface area contributed by atoms with Gasteiger partial charge in [-0.15, -0.1) is 0 Å². The normalized spacial score (nSPS) is 14.1. The maximum atomic E-state index is 14.2. The van der Waals surface area contributed by atoms with Crippen molar-refractivity contribution in [3.8, 4) is 5.69 Å². The Bertz CT molecular complexity index is 2080. The molecule has 11 heteroatoms. The molecule has 1 aliphatic heterocycles. The number of benzene rings is 3. The second-order valence-electron chi connectivity index (χ2n) is 10.9. The third-order valence-corrected chi connectivity index (χ3v) is 9.30. The number of imidazole rings is 1. The van der Waals surface area contributed by atoms with E-state index in [1.165, 1.54) is 14.9 Å². The highest BCUT2D eigenvalue weighted by atomic mass is 32.2. The van der Waals surface area contributed by atoms with Gasteiger partial charge in [0.15, 0.2) is 11.0 Å². The minimum Gasteiger partial charge on any atom is -0.383 e. The number of ketones is 1. The summed E-state index contributed by atoms with van der Waals surface area (Å²) in [5.74, 6) is 0.473. The van der Waals surface area contributed by atoms with Gasteiger partial charge in [-0.1, -0.05) is 17.7 Å². The van der Waals surface area contributed by atoms with E-state index in [0.717, 1.165) is 48.4 Å². The van der Waals surface area contributed by atoms with Crippen LogP contribution in [0.1, 0.15) is 50.6 Å². The maximum absolute atomic E-state index is 14.2. The molecular formula is C32H29N7O3S. The monoisotopic (exact) mass is 591 g/mol. The zero-order chi connectivity index (χ0) is 29.8. The SMILES string of the molecule is Cc1ccc(S(=O)n2c(C(=O)c3cnn(-c4ccc5nc(C)[nH]c5c4)c3N)cc3cc(C(=O)N4CCCC4)ccc32)cc1. The molecule has 3 aromatic heterocycles. The predicted octanol–water partition coefficient (Wildman–Crippen LogP) is 4.94. The number of nitrogens with one attached hydrogen (secondary N) is 1. The fraction of sp³-hybridized carbons (Fsp3) is 0.188. The Morgan fingerprint density at radius 2 is 1.72 bits per heavy atom. The van der Waals surface area contributed by atoms with Crippen LogP contribution in [0.25, 0.3) is 27.6 Å². The first-order valence-electron chi connectivity index (χ1n) is 14.1. The molecule has 1 amide bonds. The Morgan fingerprint density at radius 3 is 2.49 bits per heavy atom. The third-order valence-electron chi connectivity index (χ3n) is 7.90. The number of amides is 1. The Labute approximate surface area is 249 Å². The Morgan fingerprint density at radius 1 is 0.953 bits per heavy atom. The first-order valence-corrected chi connectivity index (χ1v) is 15.2. The van der Waals surface area contributed by atoms with Crippen molar-refractivity contribution in [2.45, 2.75) is 31.6 Å². The van der Waals surface area contributed by atoms with Crippen LogP contribution in [0.2, 0.25) is 0 Å². The number of carbonyl (C=O) groups is 2. The van der Waals surface area contributed by atoms with E-state index >= 15 is 0 Å². The van der Waals surface area contributed by atoms with Crippen LogP contribution in [0.4, 0.5) is 5.82 Å². The van der Waals surface area contributed by atoms with Gasteiger partial charge >= 0.3 is 0 Å². The molecule has 0 bridgehead atoms. The number of rotatable bonds is 6. The van der Waals surface area contributed by atoms with Gasteiger partial charge in [-0.05, 0) is 81.3 Å². The molecule has 1 saturated heterocycles. The molecule has 3 N–H and O–H groups in total. The Balaban J connectivity index is 1.33. The number of nitrogens with zero attached hydrogens (tertiary/aromatic N) is 5. The van der Waals surface area contributed by atoms with Crippen LogP contribution in [0.3, 0.4) is 0 Å². The topological polar surface area (TPSA) is 132 Å². The number of anilines is 1. The van der Waals surface area contributed by atoms with Crippen molar-refractivity contribution in [3.05, 3.63) is 101 Å². The largest absolute Gasteiger partial charge is 0.383 e. The summed E-state index contributed by atoms with van der Waals surface area (Å²) < 4.78 is 17.1. The number of carbonyl (C=O) groups excluding carboxylic acids is 2. The number of fused-ring (bicyclic) bond motifs is 2. The summed E-state index contributed by atoms with van der Waals surface area (Å²) in [5.41, 5.74) is 11.3. The highest BCUT2D eigenvalue weighted by Gasteiger charge is 2.27. The van der Waals surface area contributed by atoms with Crippen LogP contribution < -0.4 is 5.73 Å². The quantitative estimate of drug-likeness (QED) is 0.264. The van der Waals surface area contributed by atoms with Gasteiger partial charge in [0.25, 0.3) is 5.91 Å². The van der Waals surface area contributed by atoms with E-state index in [1.807, 2.05) is 49.1 Å². The molecule has 4 heterocycles. The maximum Gasteiger partial charge on any atom is 0.253 e. The van der Waals surface area contributed by atoms with Gasteiger partial charge in [-0.25, -0.2) is 13.9 Å². The Hall–Kier alpha value is -5.03. The van der Waals surface area contributed by atoms with E-state index in [9.17, 15) is 13.8 Å². The van der Waals surface area contributed by atoms with Crippen molar-refractivity contribution in [1.82, 2.24) is 28.6 Å². The lowest BCUT2D eigenvalue weighted by Crippen LogP contribution is -2.27. The Kier molecular flexibility index (Phi) is 6.46. The van der Waals surface area contributed by atoms with Crippen LogP contribution in [-0.4, -0.2) is 57.6 Å². The van der Waals surface area contributed by atoms with Crippen LogP contribution >= 0.6 is 0 Å². The van der Waals surface area contributed by atoms with E-state index in [0.29, 0.717) is 27.0 Å². The van der Waals surface area contributed by atoms with Gasteiger partial charge in [0.2, 0.25) is 5.78 Å². The third kappa shape index (κ3) is 4.62. The van der Waals surface area contributed by atoms with Crippen LogP contribution in [0, 0.1) is 13.8 Å². The number of aromatic amines is 1.